The third-order valence-electron chi connectivity index (χ3n) is 3.91. The van der Waals surface area contributed by atoms with Crippen molar-refractivity contribution in [3.8, 4) is 0 Å². The minimum Gasteiger partial charge on any atom is -0.321 e. The summed E-state index contributed by atoms with van der Waals surface area (Å²) in [6.45, 7) is 6.61. The summed E-state index contributed by atoms with van der Waals surface area (Å²) in [7, 11) is 0. The van der Waals surface area contributed by atoms with Gasteiger partial charge in [0.2, 0.25) is 0 Å². The first-order valence-corrected chi connectivity index (χ1v) is 6.68. The summed E-state index contributed by atoms with van der Waals surface area (Å²) in [4.78, 5) is 2.54. The largest absolute Gasteiger partial charge is 0.321 e. The Morgan fingerprint density at radius 3 is 2.65 bits per heavy atom. The van der Waals surface area contributed by atoms with Gasteiger partial charge in [0.15, 0.2) is 0 Å². The van der Waals surface area contributed by atoms with E-state index in [-0.39, 0.29) is 5.54 Å². The summed E-state index contributed by atoms with van der Waals surface area (Å²) in [6.07, 6.45) is 3.99. The Morgan fingerprint density at radius 2 is 2.00 bits per heavy atom. The maximum absolute atomic E-state index is 6.49. The molecule has 2 rings (SSSR count). The Kier molecular flexibility index (Phi) is 3.85. The van der Waals surface area contributed by atoms with Crippen LogP contribution in [0.5, 0.6) is 0 Å². The molecule has 1 aromatic carbocycles. The molecule has 1 aliphatic rings. The van der Waals surface area contributed by atoms with Crippen LogP contribution in [0.1, 0.15) is 38.7 Å². The summed E-state index contributed by atoms with van der Waals surface area (Å²) < 4.78 is 0. The number of hydrogen-bond donors (Lipinski definition) is 1. The van der Waals surface area contributed by atoms with Gasteiger partial charge in [-0.3, -0.25) is 4.90 Å². The minimum atomic E-state index is -0.243. The zero-order valence-electron chi connectivity index (χ0n) is 11.0. The molecule has 0 radical (unpaired) electrons. The second-order valence-electron chi connectivity index (χ2n) is 5.60. The lowest BCUT2D eigenvalue weighted by atomic mass is 9.91. The maximum atomic E-state index is 6.49. The van der Waals surface area contributed by atoms with Crippen molar-refractivity contribution in [3.05, 3.63) is 35.9 Å². The molecule has 0 aromatic heterocycles. The lowest BCUT2D eigenvalue weighted by Crippen LogP contribution is -2.49. The molecule has 1 heterocycles. The highest BCUT2D eigenvalue weighted by Crippen LogP contribution is 2.23. The van der Waals surface area contributed by atoms with Crippen LogP contribution in [0.25, 0.3) is 0 Å². The van der Waals surface area contributed by atoms with Crippen molar-refractivity contribution >= 4 is 0 Å². The number of likely N-dealkylation sites (tertiary alicyclic amines) is 1. The van der Waals surface area contributed by atoms with Gasteiger partial charge in [0.25, 0.3) is 0 Å². The zero-order chi connectivity index (χ0) is 12.3. The standard InChI is InChI=1S/C15H24N2/c1-13-8-6-7-11-17(13)12-15(2,16)14-9-4-3-5-10-14/h3-5,9-10,13H,6-8,11-12,16H2,1-2H3. The van der Waals surface area contributed by atoms with Crippen LogP contribution >= 0.6 is 0 Å². The second kappa shape index (κ2) is 5.19. The van der Waals surface area contributed by atoms with E-state index >= 15 is 0 Å². The fraction of sp³-hybridized carbons (Fsp3) is 0.600. The molecule has 0 aliphatic carbocycles. The number of piperidine rings is 1. The Morgan fingerprint density at radius 1 is 1.29 bits per heavy atom. The molecular weight excluding hydrogens is 208 g/mol. The van der Waals surface area contributed by atoms with E-state index in [4.69, 9.17) is 5.73 Å². The molecule has 1 aromatic rings. The van der Waals surface area contributed by atoms with Gasteiger partial charge in [-0.15, -0.1) is 0 Å². The first-order valence-electron chi connectivity index (χ1n) is 6.68. The maximum Gasteiger partial charge on any atom is 0.0510 e. The van der Waals surface area contributed by atoms with Gasteiger partial charge in [0.1, 0.15) is 0 Å². The Labute approximate surface area is 105 Å². The van der Waals surface area contributed by atoms with Gasteiger partial charge in [0.05, 0.1) is 5.54 Å². The fourth-order valence-electron chi connectivity index (χ4n) is 2.72. The highest BCUT2D eigenvalue weighted by atomic mass is 15.2. The normalized spacial score (nSPS) is 25.5. The molecule has 0 amide bonds. The van der Waals surface area contributed by atoms with Crippen molar-refractivity contribution in [2.45, 2.75) is 44.7 Å². The van der Waals surface area contributed by atoms with Gasteiger partial charge < -0.3 is 5.73 Å². The van der Waals surface area contributed by atoms with E-state index < -0.39 is 0 Å². The first kappa shape index (κ1) is 12.6. The predicted octanol–water partition coefficient (Wildman–Crippen LogP) is 2.73. The molecule has 1 aliphatic heterocycles. The Bertz CT molecular complexity index is 345. The van der Waals surface area contributed by atoms with Crippen LogP contribution in [0.3, 0.4) is 0 Å². The molecule has 2 unspecified atom stereocenters. The molecule has 1 saturated heterocycles. The molecule has 0 saturated carbocycles. The van der Waals surface area contributed by atoms with Crippen molar-refractivity contribution in [3.63, 3.8) is 0 Å². The van der Waals surface area contributed by atoms with Crippen LogP contribution in [0.4, 0.5) is 0 Å². The molecular formula is C15H24N2. The van der Waals surface area contributed by atoms with Crippen LogP contribution < -0.4 is 5.73 Å². The van der Waals surface area contributed by atoms with E-state index in [2.05, 4.69) is 43.0 Å². The highest BCUT2D eigenvalue weighted by molar-refractivity contribution is 5.23. The molecule has 94 valence electrons. The van der Waals surface area contributed by atoms with Crippen LogP contribution in [0, 0.1) is 0 Å². The number of rotatable bonds is 3. The van der Waals surface area contributed by atoms with E-state index in [9.17, 15) is 0 Å². The van der Waals surface area contributed by atoms with E-state index in [1.807, 2.05) is 6.07 Å². The monoisotopic (exact) mass is 232 g/mol. The molecule has 1 fully saturated rings. The van der Waals surface area contributed by atoms with Gasteiger partial charge in [-0.2, -0.15) is 0 Å². The molecule has 0 bridgehead atoms. The zero-order valence-corrected chi connectivity index (χ0v) is 11.0. The average Bonchev–Trinajstić information content (AvgIpc) is 2.33. The third-order valence-corrected chi connectivity index (χ3v) is 3.91. The van der Waals surface area contributed by atoms with Crippen molar-refractivity contribution in [1.29, 1.82) is 0 Å². The van der Waals surface area contributed by atoms with Gasteiger partial charge in [0, 0.05) is 12.6 Å². The van der Waals surface area contributed by atoms with Crippen molar-refractivity contribution in [2.24, 2.45) is 5.73 Å². The van der Waals surface area contributed by atoms with Crippen LogP contribution in [0.2, 0.25) is 0 Å². The minimum absolute atomic E-state index is 0.243. The predicted molar refractivity (Wildman–Crippen MR) is 72.9 cm³/mol. The molecule has 17 heavy (non-hydrogen) atoms. The van der Waals surface area contributed by atoms with E-state index in [0.717, 1.165) is 6.54 Å². The summed E-state index contributed by atoms with van der Waals surface area (Å²) in [5.41, 5.74) is 7.48. The summed E-state index contributed by atoms with van der Waals surface area (Å²) >= 11 is 0. The number of hydrogen-bond acceptors (Lipinski definition) is 2. The van der Waals surface area contributed by atoms with Crippen LogP contribution in [-0.2, 0) is 5.54 Å². The quantitative estimate of drug-likeness (QED) is 0.868. The Balaban J connectivity index is 2.06. The molecule has 2 nitrogen and oxygen atoms in total. The van der Waals surface area contributed by atoms with Crippen molar-refractivity contribution < 1.29 is 0 Å². The summed E-state index contributed by atoms with van der Waals surface area (Å²) in [5, 5.41) is 0. The average molecular weight is 232 g/mol. The van der Waals surface area contributed by atoms with Gasteiger partial charge in [-0.1, -0.05) is 36.8 Å². The SMILES string of the molecule is CC1CCCCN1CC(C)(N)c1ccccc1. The lowest BCUT2D eigenvalue weighted by molar-refractivity contribution is 0.129. The lowest BCUT2D eigenvalue weighted by Gasteiger charge is -2.39. The van der Waals surface area contributed by atoms with E-state index in [1.54, 1.807) is 0 Å². The Hall–Kier alpha value is -0.860. The molecule has 2 N–H and O–H groups in total. The van der Waals surface area contributed by atoms with E-state index in [1.165, 1.54) is 31.4 Å². The third kappa shape index (κ3) is 3.08. The van der Waals surface area contributed by atoms with Gasteiger partial charge in [-0.25, -0.2) is 0 Å². The molecule has 0 spiro atoms. The number of nitrogens with two attached hydrogens (primary N) is 1. The van der Waals surface area contributed by atoms with Crippen LogP contribution in [-0.4, -0.2) is 24.0 Å². The number of nitrogens with zero attached hydrogens (tertiary/aromatic N) is 1. The number of benzene rings is 1. The van der Waals surface area contributed by atoms with Crippen molar-refractivity contribution in [2.75, 3.05) is 13.1 Å². The summed E-state index contributed by atoms with van der Waals surface area (Å²) in [6, 6.07) is 11.1. The van der Waals surface area contributed by atoms with Crippen LogP contribution in [0.15, 0.2) is 30.3 Å². The summed E-state index contributed by atoms with van der Waals surface area (Å²) in [5.74, 6) is 0. The highest BCUT2D eigenvalue weighted by Gasteiger charge is 2.28. The smallest absolute Gasteiger partial charge is 0.0510 e. The molecule has 2 atom stereocenters. The van der Waals surface area contributed by atoms with E-state index in [0.29, 0.717) is 6.04 Å². The fourth-order valence-corrected chi connectivity index (χ4v) is 2.72. The van der Waals surface area contributed by atoms with Gasteiger partial charge >= 0.3 is 0 Å². The molecule has 2 heteroatoms. The van der Waals surface area contributed by atoms with Gasteiger partial charge in [-0.05, 0) is 38.8 Å². The van der Waals surface area contributed by atoms with Crippen molar-refractivity contribution in [1.82, 2.24) is 4.90 Å². The second-order valence-corrected chi connectivity index (χ2v) is 5.60. The first-order chi connectivity index (χ1) is 8.09. The topological polar surface area (TPSA) is 29.3 Å².